The molecule has 2 aromatic carbocycles. The van der Waals surface area contributed by atoms with Crippen molar-refractivity contribution in [3.05, 3.63) is 71.0 Å². The lowest BCUT2D eigenvalue weighted by atomic mass is 10.1. The van der Waals surface area contributed by atoms with Crippen molar-refractivity contribution in [2.24, 2.45) is 12.8 Å². The molecule has 2 aromatic heterocycles. The van der Waals surface area contributed by atoms with Crippen LogP contribution in [-0.4, -0.2) is 32.3 Å². The molecule has 1 amide bonds. The van der Waals surface area contributed by atoms with Gasteiger partial charge in [0.1, 0.15) is 11.6 Å². The minimum absolute atomic E-state index is 0.314. The van der Waals surface area contributed by atoms with E-state index in [4.69, 9.17) is 20.2 Å². The Morgan fingerprint density at radius 2 is 1.97 bits per heavy atom. The third kappa shape index (κ3) is 4.06. The number of aromatic nitrogens is 4. The van der Waals surface area contributed by atoms with Crippen LogP contribution in [0, 0.1) is 0 Å². The van der Waals surface area contributed by atoms with E-state index in [1.807, 2.05) is 53.4 Å². The van der Waals surface area contributed by atoms with Crippen LogP contribution in [0.3, 0.4) is 0 Å². The average Bonchev–Trinajstić information content (AvgIpc) is 3.44. The molecule has 1 unspecified atom stereocenters. The molecule has 0 bridgehead atoms. The Morgan fingerprint density at radius 3 is 2.75 bits per heavy atom. The van der Waals surface area contributed by atoms with Gasteiger partial charge in [0.05, 0.1) is 5.69 Å². The number of thiazole rings is 1. The Kier molecular flexibility index (Phi) is 5.54. The van der Waals surface area contributed by atoms with E-state index < -0.39 is 5.91 Å². The fraction of sp³-hybridized carbons (Fsp3) is 0.182. The topological polar surface area (TPSA) is 105 Å². The average molecular weight is 466 g/mol. The molecule has 32 heavy (non-hydrogen) atoms. The summed E-state index contributed by atoms with van der Waals surface area (Å²) in [6, 6.07) is 14.7. The van der Waals surface area contributed by atoms with Gasteiger partial charge in [0, 0.05) is 29.3 Å². The van der Waals surface area contributed by atoms with Crippen molar-refractivity contribution in [3.63, 3.8) is 0 Å². The highest BCUT2D eigenvalue weighted by atomic mass is 32.2. The highest BCUT2D eigenvalue weighted by Gasteiger charge is 2.27. The first-order valence-electron chi connectivity index (χ1n) is 9.83. The van der Waals surface area contributed by atoms with Crippen molar-refractivity contribution >= 4 is 29.0 Å². The lowest BCUT2D eigenvalue weighted by Gasteiger charge is -2.25. The second-order valence-electron chi connectivity index (χ2n) is 7.14. The molecule has 4 aromatic rings. The van der Waals surface area contributed by atoms with Gasteiger partial charge in [-0.2, -0.15) is 0 Å². The fourth-order valence-electron chi connectivity index (χ4n) is 3.30. The van der Waals surface area contributed by atoms with Crippen molar-refractivity contribution in [1.29, 1.82) is 0 Å². The standard InChI is InChI=1S/C22H19N5O3S2/c1-27-20(18-10-29-16-4-2-3-5-17(16)30-18)25-26-22(27)32-12-15-11-31-21(24-15)14-8-6-13(7-9-14)19(23)28/h2-9,11,18H,10,12H2,1H3,(H2,23,28). The third-order valence-electron chi connectivity index (χ3n) is 4.98. The van der Waals surface area contributed by atoms with Crippen molar-refractivity contribution in [1.82, 2.24) is 19.7 Å². The number of nitrogens with zero attached hydrogens (tertiary/aromatic N) is 4. The first-order chi connectivity index (χ1) is 15.6. The number of fused-ring (bicyclic) bond motifs is 1. The summed E-state index contributed by atoms with van der Waals surface area (Å²) in [5.41, 5.74) is 7.68. The molecule has 0 saturated heterocycles. The van der Waals surface area contributed by atoms with Crippen molar-refractivity contribution in [2.45, 2.75) is 17.0 Å². The minimum Gasteiger partial charge on any atom is -0.485 e. The predicted molar refractivity (Wildman–Crippen MR) is 122 cm³/mol. The molecule has 0 spiro atoms. The summed E-state index contributed by atoms with van der Waals surface area (Å²) in [7, 11) is 1.92. The first kappa shape index (κ1) is 20.5. The summed E-state index contributed by atoms with van der Waals surface area (Å²) in [4.78, 5) is 15.9. The number of rotatable bonds is 6. The minimum atomic E-state index is -0.440. The number of nitrogens with two attached hydrogens (primary N) is 1. The molecule has 8 nitrogen and oxygen atoms in total. The SMILES string of the molecule is Cn1c(SCc2csc(-c3ccc(C(N)=O)cc3)n2)nnc1C1COc2ccccc2O1. The van der Waals surface area contributed by atoms with Crippen LogP contribution in [0.2, 0.25) is 0 Å². The predicted octanol–water partition coefficient (Wildman–Crippen LogP) is 3.84. The summed E-state index contributed by atoms with van der Waals surface area (Å²) in [6.45, 7) is 0.387. The van der Waals surface area contributed by atoms with Crippen LogP contribution in [0.25, 0.3) is 10.6 Å². The molecule has 10 heteroatoms. The van der Waals surface area contributed by atoms with E-state index in [9.17, 15) is 4.79 Å². The van der Waals surface area contributed by atoms with Gasteiger partial charge in [-0.25, -0.2) is 4.98 Å². The molecular weight excluding hydrogens is 446 g/mol. The van der Waals surface area contributed by atoms with Gasteiger partial charge in [0.2, 0.25) is 5.91 Å². The van der Waals surface area contributed by atoms with Crippen LogP contribution in [0.4, 0.5) is 0 Å². The Balaban J connectivity index is 1.25. The maximum atomic E-state index is 11.2. The molecule has 5 rings (SSSR count). The van der Waals surface area contributed by atoms with Gasteiger partial charge in [-0.05, 0) is 24.3 Å². The van der Waals surface area contributed by atoms with Crippen LogP contribution in [0.1, 0.15) is 28.0 Å². The smallest absolute Gasteiger partial charge is 0.248 e. The van der Waals surface area contributed by atoms with Crippen molar-refractivity contribution in [2.75, 3.05) is 6.61 Å². The van der Waals surface area contributed by atoms with Crippen molar-refractivity contribution in [3.8, 4) is 22.1 Å². The zero-order valence-corrected chi connectivity index (χ0v) is 18.7. The van der Waals surface area contributed by atoms with E-state index in [1.54, 1.807) is 35.2 Å². The number of hydrogen-bond acceptors (Lipinski definition) is 8. The molecule has 0 radical (unpaired) electrons. The number of amides is 1. The number of primary amides is 1. The molecule has 0 aliphatic carbocycles. The van der Waals surface area contributed by atoms with Gasteiger partial charge >= 0.3 is 0 Å². The van der Waals surface area contributed by atoms with Crippen LogP contribution >= 0.6 is 23.1 Å². The molecule has 0 saturated carbocycles. The number of carbonyl (C=O) groups is 1. The van der Waals surface area contributed by atoms with Gasteiger partial charge in [-0.15, -0.1) is 21.5 Å². The largest absolute Gasteiger partial charge is 0.485 e. The van der Waals surface area contributed by atoms with E-state index >= 15 is 0 Å². The maximum Gasteiger partial charge on any atom is 0.248 e. The Hall–Kier alpha value is -3.37. The van der Waals surface area contributed by atoms with E-state index in [1.165, 1.54) is 0 Å². The highest BCUT2D eigenvalue weighted by molar-refractivity contribution is 7.98. The molecular formula is C22H19N5O3S2. The van der Waals surface area contributed by atoms with Crippen LogP contribution in [0.5, 0.6) is 11.5 Å². The van der Waals surface area contributed by atoms with E-state index in [0.29, 0.717) is 23.7 Å². The first-order valence-corrected chi connectivity index (χ1v) is 11.7. The van der Waals surface area contributed by atoms with Crippen LogP contribution < -0.4 is 15.2 Å². The molecule has 1 atom stereocenters. The number of para-hydroxylation sites is 2. The number of thioether (sulfide) groups is 1. The second kappa shape index (κ2) is 8.64. The Morgan fingerprint density at radius 1 is 1.19 bits per heavy atom. The monoisotopic (exact) mass is 465 g/mol. The summed E-state index contributed by atoms with van der Waals surface area (Å²) < 4.78 is 13.8. The third-order valence-corrected chi connectivity index (χ3v) is 6.98. The van der Waals surface area contributed by atoms with E-state index in [0.717, 1.165) is 33.0 Å². The van der Waals surface area contributed by atoms with Crippen molar-refractivity contribution < 1.29 is 14.3 Å². The lowest BCUT2D eigenvalue weighted by molar-refractivity contribution is 0.0825. The second-order valence-corrected chi connectivity index (χ2v) is 8.94. The maximum absolute atomic E-state index is 11.2. The summed E-state index contributed by atoms with van der Waals surface area (Å²) in [6.07, 6.45) is -0.314. The summed E-state index contributed by atoms with van der Waals surface area (Å²) in [5, 5.41) is 12.4. The molecule has 1 aliphatic rings. The molecule has 3 heterocycles. The van der Waals surface area contributed by atoms with Gasteiger partial charge in [0.25, 0.3) is 0 Å². The van der Waals surface area contributed by atoms with Gasteiger partial charge < -0.3 is 19.8 Å². The number of benzene rings is 2. The zero-order chi connectivity index (χ0) is 22.1. The quantitative estimate of drug-likeness (QED) is 0.431. The van der Waals surface area contributed by atoms with E-state index in [-0.39, 0.29) is 6.10 Å². The zero-order valence-electron chi connectivity index (χ0n) is 17.1. The lowest BCUT2D eigenvalue weighted by Crippen LogP contribution is -2.24. The van der Waals surface area contributed by atoms with Gasteiger partial charge in [-0.3, -0.25) is 4.79 Å². The van der Waals surface area contributed by atoms with E-state index in [2.05, 4.69) is 10.2 Å². The van der Waals surface area contributed by atoms with Crippen LogP contribution in [0.15, 0.2) is 59.1 Å². The Labute approximate surface area is 192 Å². The number of ether oxygens (including phenoxy) is 2. The fourth-order valence-corrected chi connectivity index (χ4v) is 5.04. The van der Waals surface area contributed by atoms with Crippen LogP contribution in [-0.2, 0) is 12.8 Å². The normalized spacial score (nSPS) is 15.0. The number of hydrogen-bond donors (Lipinski definition) is 1. The van der Waals surface area contributed by atoms with Gasteiger partial charge in [0.15, 0.2) is 28.6 Å². The van der Waals surface area contributed by atoms with Gasteiger partial charge in [-0.1, -0.05) is 36.0 Å². The number of carbonyl (C=O) groups excluding carboxylic acids is 1. The molecule has 2 N–H and O–H groups in total. The molecule has 1 aliphatic heterocycles. The summed E-state index contributed by atoms with van der Waals surface area (Å²) in [5.74, 6) is 2.39. The highest BCUT2D eigenvalue weighted by Crippen LogP contribution is 2.36. The summed E-state index contributed by atoms with van der Waals surface area (Å²) >= 11 is 3.12. The molecule has 0 fully saturated rings. The Bertz CT molecular complexity index is 1270. The molecule has 162 valence electrons.